The van der Waals surface area contributed by atoms with E-state index in [1.807, 2.05) is 18.7 Å². The third kappa shape index (κ3) is 2.00. The van der Waals surface area contributed by atoms with Gasteiger partial charge in [-0.05, 0) is 20.3 Å². The van der Waals surface area contributed by atoms with Crippen molar-refractivity contribution in [3.05, 3.63) is 0 Å². The van der Waals surface area contributed by atoms with E-state index in [4.69, 9.17) is 10.5 Å². The summed E-state index contributed by atoms with van der Waals surface area (Å²) < 4.78 is 5.77. The van der Waals surface area contributed by atoms with Crippen LogP contribution in [0.4, 0.5) is 4.79 Å². The highest BCUT2D eigenvalue weighted by Gasteiger charge is 2.52. The van der Waals surface area contributed by atoms with Crippen LogP contribution in [0.1, 0.15) is 46.5 Å². The summed E-state index contributed by atoms with van der Waals surface area (Å²) in [6, 6.07) is -0.0812. The van der Waals surface area contributed by atoms with Gasteiger partial charge in [0.05, 0.1) is 6.10 Å². The maximum Gasteiger partial charge on any atom is 0.346 e. The van der Waals surface area contributed by atoms with Crippen LogP contribution in [0.2, 0.25) is 0 Å². The Bertz CT molecular complexity index is 365. The van der Waals surface area contributed by atoms with Crippen LogP contribution in [-0.4, -0.2) is 41.1 Å². The number of urea groups is 1. The summed E-state index contributed by atoms with van der Waals surface area (Å²) in [7, 11) is 0. The highest BCUT2D eigenvalue weighted by Crippen LogP contribution is 2.37. The molecule has 1 spiro atoms. The average molecular weight is 253 g/mol. The number of carbonyl (C=O) groups excluding carboxylic acids is 1. The molecule has 0 aromatic rings. The van der Waals surface area contributed by atoms with Crippen molar-refractivity contribution in [1.82, 2.24) is 4.90 Å². The molecule has 0 radical (unpaired) electrons. The number of nitrogens with zero attached hydrogens (tertiary/aromatic N) is 2. The highest BCUT2D eigenvalue weighted by atomic mass is 16.5. The first-order valence-corrected chi connectivity index (χ1v) is 6.81. The molecule has 18 heavy (non-hydrogen) atoms. The monoisotopic (exact) mass is 253 g/mol. The van der Waals surface area contributed by atoms with E-state index in [-0.39, 0.29) is 18.2 Å². The van der Waals surface area contributed by atoms with Crippen molar-refractivity contribution in [3.8, 4) is 0 Å². The summed E-state index contributed by atoms with van der Waals surface area (Å²) in [5, 5.41) is 0. The van der Waals surface area contributed by atoms with Gasteiger partial charge < -0.3 is 15.4 Å². The molecule has 5 heteroatoms. The van der Waals surface area contributed by atoms with Crippen molar-refractivity contribution in [2.24, 2.45) is 10.7 Å². The molecule has 102 valence electrons. The number of aliphatic imine (C=N–C) groups is 1. The maximum atomic E-state index is 12.0. The summed E-state index contributed by atoms with van der Waals surface area (Å²) in [6.45, 7) is 6.82. The van der Waals surface area contributed by atoms with E-state index in [1.165, 1.54) is 0 Å². The van der Waals surface area contributed by atoms with Crippen LogP contribution in [0.5, 0.6) is 0 Å². The minimum absolute atomic E-state index is 0.114. The molecule has 5 nitrogen and oxygen atoms in total. The van der Waals surface area contributed by atoms with Crippen molar-refractivity contribution >= 4 is 11.9 Å². The lowest BCUT2D eigenvalue weighted by atomic mass is 9.82. The molecule has 2 amide bonds. The second kappa shape index (κ2) is 4.88. The topological polar surface area (TPSA) is 67.9 Å². The minimum Gasteiger partial charge on any atom is -0.385 e. The summed E-state index contributed by atoms with van der Waals surface area (Å²) in [6.07, 6.45) is 3.81. The van der Waals surface area contributed by atoms with Gasteiger partial charge in [0, 0.05) is 25.5 Å². The van der Waals surface area contributed by atoms with Crippen LogP contribution in [0.3, 0.4) is 0 Å². The standard InChI is InChI=1S/C13H23N3O2/c1-4-5-10-8-13(6-7-18-10)11(14)15-12(17)16(13)9(2)3/h9-10H,4-8H2,1-3H3,(H2,14,15,17). The van der Waals surface area contributed by atoms with Crippen molar-refractivity contribution in [2.45, 2.75) is 64.1 Å². The number of nitrogens with two attached hydrogens (primary N) is 1. The Balaban J connectivity index is 2.26. The largest absolute Gasteiger partial charge is 0.385 e. The molecule has 2 heterocycles. The SMILES string of the molecule is CCCC1CC2(CCO1)C(N)=NC(=O)N2C(C)C. The van der Waals surface area contributed by atoms with Gasteiger partial charge in [0.1, 0.15) is 11.4 Å². The minimum atomic E-state index is -0.399. The molecule has 0 aliphatic carbocycles. The number of carbonyl (C=O) groups is 1. The lowest BCUT2D eigenvalue weighted by Crippen LogP contribution is -2.60. The summed E-state index contributed by atoms with van der Waals surface area (Å²) in [5.41, 5.74) is 5.65. The van der Waals surface area contributed by atoms with E-state index < -0.39 is 5.54 Å². The fourth-order valence-electron chi connectivity index (χ4n) is 3.17. The van der Waals surface area contributed by atoms with E-state index in [0.717, 1.165) is 25.7 Å². The average Bonchev–Trinajstić information content (AvgIpc) is 2.51. The van der Waals surface area contributed by atoms with Gasteiger partial charge in [-0.25, -0.2) is 4.79 Å². The van der Waals surface area contributed by atoms with Crippen LogP contribution in [0, 0.1) is 0 Å². The normalized spacial score (nSPS) is 32.4. The first-order chi connectivity index (χ1) is 8.51. The third-order valence-electron chi connectivity index (χ3n) is 3.92. The molecule has 2 rings (SSSR count). The lowest BCUT2D eigenvalue weighted by Gasteiger charge is -2.45. The van der Waals surface area contributed by atoms with Crippen LogP contribution in [-0.2, 0) is 4.74 Å². The number of rotatable bonds is 3. The van der Waals surface area contributed by atoms with Gasteiger partial charge in [0.2, 0.25) is 0 Å². The van der Waals surface area contributed by atoms with E-state index in [9.17, 15) is 4.79 Å². The van der Waals surface area contributed by atoms with Gasteiger partial charge in [0.25, 0.3) is 0 Å². The number of amidine groups is 1. The molecule has 2 unspecified atom stereocenters. The van der Waals surface area contributed by atoms with Crippen LogP contribution < -0.4 is 5.73 Å². The number of hydrogen-bond acceptors (Lipinski definition) is 3. The summed E-state index contributed by atoms with van der Waals surface area (Å²) in [4.78, 5) is 17.8. The van der Waals surface area contributed by atoms with E-state index in [0.29, 0.717) is 12.4 Å². The van der Waals surface area contributed by atoms with E-state index in [1.54, 1.807) is 0 Å². The highest BCUT2D eigenvalue weighted by molar-refractivity contribution is 6.06. The Hall–Kier alpha value is -1.10. The lowest BCUT2D eigenvalue weighted by molar-refractivity contribution is -0.0420. The van der Waals surface area contributed by atoms with Gasteiger partial charge in [0.15, 0.2) is 0 Å². The zero-order valence-electron chi connectivity index (χ0n) is 11.5. The molecule has 1 fully saturated rings. The first kappa shape index (κ1) is 13.3. The quantitative estimate of drug-likeness (QED) is 0.835. The van der Waals surface area contributed by atoms with E-state index >= 15 is 0 Å². The summed E-state index contributed by atoms with van der Waals surface area (Å²) in [5.74, 6) is 0.477. The van der Waals surface area contributed by atoms with Crippen molar-refractivity contribution in [3.63, 3.8) is 0 Å². The Kier molecular flexibility index (Phi) is 3.61. The molecule has 2 atom stereocenters. The molecule has 2 aliphatic heterocycles. The van der Waals surface area contributed by atoms with Crippen molar-refractivity contribution in [2.75, 3.05) is 6.61 Å². The number of amides is 2. The predicted molar refractivity (Wildman–Crippen MR) is 70.6 cm³/mol. The van der Waals surface area contributed by atoms with Crippen LogP contribution in [0.25, 0.3) is 0 Å². The predicted octanol–water partition coefficient (Wildman–Crippen LogP) is 1.91. The maximum absolute atomic E-state index is 12.0. The fourth-order valence-corrected chi connectivity index (χ4v) is 3.17. The number of hydrogen-bond donors (Lipinski definition) is 1. The van der Waals surface area contributed by atoms with Crippen molar-refractivity contribution in [1.29, 1.82) is 0 Å². The van der Waals surface area contributed by atoms with Gasteiger partial charge in [-0.15, -0.1) is 0 Å². The zero-order valence-corrected chi connectivity index (χ0v) is 11.5. The molecular weight excluding hydrogens is 230 g/mol. The Labute approximate surface area is 108 Å². The third-order valence-corrected chi connectivity index (χ3v) is 3.92. The van der Waals surface area contributed by atoms with Gasteiger partial charge in [-0.1, -0.05) is 13.3 Å². The fraction of sp³-hybridized carbons (Fsp3) is 0.846. The molecule has 0 saturated carbocycles. The van der Waals surface area contributed by atoms with Gasteiger partial charge in [-0.2, -0.15) is 4.99 Å². The molecule has 0 bridgehead atoms. The molecule has 0 aromatic carbocycles. The number of ether oxygens (including phenoxy) is 1. The smallest absolute Gasteiger partial charge is 0.346 e. The van der Waals surface area contributed by atoms with Gasteiger partial charge in [-0.3, -0.25) is 0 Å². The van der Waals surface area contributed by atoms with Gasteiger partial charge >= 0.3 is 6.03 Å². The Morgan fingerprint density at radius 3 is 2.94 bits per heavy atom. The van der Waals surface area contributed by atoms with E-state index in [2.05, 4.69) is 11.9 Å². The molecular formula is C13H23N3O2. The zero-order chi connectivity index (χ0) is 13.3. The van der Waals surface area contributed by atoms with Crippen LogP contribution >= 0.6 is 0 Å². The van der Waals surface area contributed by atoms with Crippen LogP contribution in [0.15, 0.2) is 4.99 Å². The Morgan fingerprint density at radius 1 is 1.61 bits per heavy atom. The second-order valence-corrected chi connectivity index (χ2v) is 5.51. The molecule has 0 aromatic heterocycles. The second-order valence-electron chi connectivity index (χ2n) is 5.51. The van der Waals surface area contributed by atoms with Crippen molar-refractivity contribution < 1.29 is 9.53 Å². The Morgan fingerprint density at radius 2 is 2.33 bits per heavy atom. The molecule has 2 aliphatic rings. The molecule has 1 saturated heterocycles. The summed E-state index contributed by atoms with van der Waals surface area (Å²) >= 11 is 0. The molecule has 2 N–H and O–H groups in total. The first-order valence-electron chi connectivity index (χ1n) is 6.81.